The first-order chi connectivity index (χ1) is 14.2. The fourth-order valence-corrected chi connectivity index (χ4v) is 3.20. The molecule has 2 rings (SSSR count). The van der Waals surface area contributed by atoms with Crippen LogP contribution in [0.3, 0.4) is 0 Å². The lowest BCUT2D eigenvalue weighted by molar-refractivity contribution is -0.120. The van der Waals surface area contributed by atoms with Crippen molar-refractivity contribution in [3.63, 3.8) is 0 Å². The molecule has 0 aliphatic heterocycles. The second kappa shape index (κ2) is 10.7. The molecule has 0 heterocycles. The number of hydrogen-bond acceptors (Lipinski definition) is 5. The van der Waals surface area contributed by atoms with Gasteiger partial charge in [0.1, 0.15) is 11.6 Å². The Kier molecular flexibility index (Phi) is 8.27. The molecule has 30 heavy (non-hydrogen) atoms. The third-order valence-electron chi connectivity index (χ3n) is 3.81. The van der Waals surface area contributed by atoms with Crippen molar-refractivity contribution in [1.29, 1.82) is 5.26 Å². The summed E-state index contributed by atoms with van der Waals surface area (Å²) in [5.74, 6) is -0.577. The van der Waals surface area contributed by atoms with Crippen molar-refractivity contribution in [3.05, 3.63) is 56.5 Å². The van der Waals surface area contributed by atoms with Gasteiger partial charge in [-0.2, -0.15) is 5.26 Å². The number of aryl methyl sites for hydroxylation is 1. The van der Waals surface area contributed by atoms with Gasteiger partial charge in [0.05, 0.1) is 11.1 Å². The number of carbonyl (C=O) groups excluding carboxylic acids is 2. The SMILES string of the molecule is CCOc1cc(/C=C(\C#N)C(=O)Nc2cc(Cl)ccc2C)cc(Br)c1OCC(N)=O. The number of nitriles is 1. The van der Waals surface area contributed by atoms with E-state index in [4.69, 9.17) is 26.8 Å². The molecule has 0 aliphatic rings. The van der Waals surface area contributed by atoms with Crippen LogP contribution < -0.4 is 20.5 Å². The van der Waals surface area contributed by atoms with Crippen molar-refractivity contribution in [2.75, 3.05) is 18.5 Å². The molecular weight excluding hydrogens is 474 g/mol. The Hall–Kier alpha value is -3.02. The summed E-state index contributed by atoms with van der Waals surface area (Å²) in [5, 5.41) is 12.6. The number of nitrogens with one attached hydrogen (secondary N) is 1. The zero-order chi connectivity index (χ0) is 22.3. The predicted molar refractivity (Wildman–Crippen MR) is 118 cm³/mol. The molecule has 156 valence electrons. The molecule has 0 fully saturated rings. The number of primary amides is 1. The van der Waals surface area contributed by atoms with Crippen molar-refractivity contribution < 1.29 is 19.1 Å². The van der Waals surface area contributed by atoms with Crippen LogP contribution in [-0.2, 0) is 9.59 Å². The lowest BCUT2D eigenvalue weighted by atomic mass is 10.1. The molecule has 0 aliphatic carbocycles. The van der Waals surface area contributed by atoms with Crippen LogP contribution >= 0.6 is 27.5 Å². The summed E-state index contributed by atoms with van der Waals surface area (Å²) in [7, 11) is 0. The van der Waals surface area contributed by atoms with Gasteiger partial charge in [0.15, 0.2) is 18.1 Å². The number of benzene rings is 2. The van der Waals surface area contributed by atoms with E-state index in [-0.39, 0.29) is 12.2 Å². The Morgan fingerprint density at radius 2 is 2.03 bits per heavy atom. The zero-order valence-electron chi connectivity index (χ0n) is 16.3. The highest BCUT2D eigenvalue weighted by molar-refractivity contribution is 9.10. The van der Waals surface area contributed by atoms with Crippen molar-refractivity contribution in [2.24, 2.45) is 5.73 Å². The van der Waals surface area contributed by atoms with Crippen LogP contribution in [0, 0.1) is 18.3 Å². The minimum atomic E-state index is -0.631. The average Bonchev–Trinajstić information content (AvgIpc) is 2.68. The number of carbonyl (C=O) groups is 2. The first-order valence-electron chi connectivity index (χ1n) is 8.81. The molecule has 0 saturated carbocycles. The number of halogens is 2. The molecule has 9 heteroatoms. The smallest absolute Gasteiger partial charge is 0.266 e. The van der Waals surface area contributed by atoms with Crippen molar-refractivity contribution in [2.45, 2.75) is 13.8 Å². The summed E-state index contributed by atoms with van der Waals surface area (Å²) in [4.78, 5) is 23.6. The summed E-state index contributed by atoms with van der Waals surface area (Å²) in [5.41, 5.74) is 6.85. The molecule has 0 aromatic heterocycles. The van der Waals surface area contributed by atoms with Crippen LogP contribution in [0.5, 0.6) is 11.5 Å². The monoisotopic (exact) mass is 491 g/mol. The summed E-state index contributed by atoms with van der Waals surface area (Å²) < 4.78 is 11.4. The number of hydrogen-bond donors (Lipinski definition) is 2. The molecular formula is C21H19BrClN3O4. The zero-order valence-corrected chi connectivity index (χ0v) is 18.6. The average molecular weight is 493 g/mol. The van der Waals surface area contributed by atoms with Gasteiger partial charge in [-0.25, -0.2) is 0 Å². The quantitative estimate of drug-likeness (QED) is 0.423. The number of rotatable bonds is 8. The fraction of sp³-hybridized carbons (Fsp3) is 0.190. The molecule has 0 radical (unpaired) electrons. The Bertz CT molecular complexity index is 1050. The van der Waals surface area contributed by atoms with Gasteiger partial charge < -0.3 is 20.5 Å². The highest BCUT2D eigenvalue weighted by Crippen LogP contribution is 2.37. The molecule has 0 bridgehead atoms. The third-order valence-corrected chi connectivity index (χ3v) is 4.64. The molecule has 3 N–H and O–H groups in total. The van der Waals surface area contributed by atoms with Gasteiger partial charge in [0, 0.05) is 10.7 Å². The van der Waals surface area contributed by atoms with Gasteiger partial charge in [-0.05, 0) is 71.2 Å². The topological polar surface area (TPSA) is 114 Å². The number of nitrogens with zero attached hydrogens (tertiary/aromatic N) is 1. The maximum Gasteiger partial charge on any atom is 0.266 e. The molecule has 2 aromatic carbocycles. The van der Waals surface area contributed by atoms with Crippen molar-refractivity contribution >= 4 is 51.1 Å². The van der Waals surface area contributed by atoms with Crippen LogP contribution in [0.25, 0.3) is 6.08 Å². The number of ether oxygens (including phenoxy) is 2. The minimum absolute atomic E-state index is 0.116. The fourth-order valence-electron chi connectivity index (χ4n) is 2.45. The van der Waals surface area contributed by atoms with Gasteiger partial charge in [0.25, 0.3) is 11.8 Å². The standard InChI is InChI=1S/C21H19BrClN3O4/c1-3-29-18-8-13(7-16(22)20(18)30-11-19(25)27)6-14(10-24)21(28)26-17-9-15(23)5-4-12(17)2/h4-9H,3,11H2,1-2H3,(H2,25,27)(H,26,28)/b14-6+. The normalized spacial score (nSPS) is 10.8. The van der Waals surface area contributed by atoms with E-state index in [1.807, 2.05) is 13.0 Å². The van der Waals surface area contributed by atoms with E-state index < -0.39 is 11.8 Å². The van der Waals surface area contributed by atoms with Gasteiger partial charge in [-0.15, -0.1) is 0 Å². The first kappa shape index (κ1) is 23.3. The van der Waals surface area contributed by atoms with E-state index in [9.17, 15) is 14.9 Å². The van der Waals surface area contributed by atoms with E-state index in [0.29, 0.717) is 38.9 Å². The summed E-state index contributed by atoms with van der Waals surface area (Å²) in [6.45, 7) is 3.62. The summed E-state index contributed by atoms with van der Waals surface area (Å²) in [6.07, 6.45) is 1.42. The van der Waals surface area contributed by atoms with Gasteiger partial charge >= 0.3 is 0 Å². The molecule has 7 nitrogen and oxygen atoms in total. The van der Waals surface area contributed by atoms with Crippen LogP contribution in [0.4, 0.5) is 5.69 Å². The van der Waals surface area contributed by atoms with E-state index in [1.165, 1.54) is 6.08 Å². The molecule has 2 aromatic rings. The van der Waals surface area contributed by atoms with Crippen LogP contribution in [0.15, 0.2) is 40.4 Å². The van der Waals surface area contributed by atoms with Crippen LogP contribution in [0.1, 0.15) is 18.1 Å². The van der Waals surface area contributed by atoms with Gasteiger partial charge in [-0.3, -0.25) is 9.59 Å². The van der Waals surface area contributed by atoms with E-state index >= 15 is 0 Å². The van der Waals surface area contributed by atoms with Crippen molar-refractivity contribution in [3.8, 4) is 17.6 Å². The summed E-state index contributed by atoms with van der Waals surface area (Å²) >= 11 is 9.33. The van der Waals surface area contributed by atoms with E-state index in [0.717, 1.165) is 5.56 Å². The van der Waals surface area contributed by atoms with Gasteiger partial charge in [0.2, 0.25) is 0 Å². The van der Waals surface area contributed by atoms with Crippen molar-refractivity contribution in [1.82, 2.24) is 0 Å². The highest BCUT2D eigenvalue weighted by atomic mass is 79.9. The van der Waals surface area contributed by atoms with Gasteiger partial charge in [-0.1, -0.05) is 17.7 Å². The summed E-state index contributed by atoms with van der Waals surface area (Å²) in [6, 6.07) is 10.2. The largest absolute Gasteiger partial charge is 0.490 e. The molecule has 0 unspecified atom stereocenters. The first-order valence-corrected chi connectivity index (χ1v) is 9.99. The molecule has 0 saturated heterocycles. The molecule has 2 amide bonds. The second-order valence-electron chi connectivity index (χ2n) is 6.10. The molecule has 0 spiro atoms. The maximum absolute atomic E-state index is 12.6. The lowest BCUT2D eigenvalue weighted by Gasteiger charge is -2.14. The van der Waals surface area contributed by atoms with E-state index in [1.54, 1.807) is 37.3 Å². The number of nitrogens with two attached hydrogens (primary N) is 1. The Morgan fingerprint density at radius 3 is 2.67 bits per heavy atom. The van der Waals surface area contributed by atoms with Crippen LogP contribution in [0.2, 0.25) is 5.02 Å². The predicted octanol–water partition coefficient (Wildman–Crippen LogP) is 4.22. The minimum Gasteiger partial charge on any atom is -0.490 e. The Labute approximate surface area is 187 Å². The second-order valence-corrected chi connectivity index (χ2v) is 7.39. The molecule has 0 atom stereocenters. The Morgan fingerprint density at radius 1 is 1.30 bits per heavy atom. The Balaban J connectivity index is 2.36. The maximum atomic E-state index is 12.6. The highest BCUT2D eigenvalue weighted by Gasteiger charge is 2.15. The third kappa shape index (κ3) is 6.24. The number of anilines is 1. The number of amides is 2. The lowest BCUT2D eigenvalue weighted by Crippen LogP contribution is -2.20. The van der Waals surface area contributed by atoms with Crippen LogP contribution in [-0.4, -0.2) is 25.0 Å². The van der Waals surface area contributed by atoms with E-state index in [2.05, 4.69) is 21.2 Å².